The Labute approximate surface area is 172 Å². The minimum Gasteiger partial charge on any atom is -0.481 e. The van der Waals surface area contributed by atoms with Gasteiger partial charge in [0.1, 0.15) is 11.3 Å². The summed E-state index contributed by atoms with van der Waals surface area (Å²) in [5.41, 5.74) is 3.56. The van der Waals surface area contributed by atoms with Crippen molar-refractivity contribution in [3.63, 3.8) is 0 Å². The molecule has 0 spiro atoms. The van der Waals surface area contributed by atoms with E-state index in [-0.39, 0.29) is 17.9 Å². The molecule has 0 saturated heterocycles. The zero-order valence-corrected chi connectivity index (χ0v) is 16.9. The third kappa shape index (κ3) is 3.55. The second-order valence-corrected chi connectivity index (χ2v) is 6.98. The summed E-state index contributed by atoms with van der Waals surface area (Å²) in [5, 5.41) is 3.63. The van der Waals surface area contributed by atoms with Crippen molar-refractivity contribution in [3.05, 3.63) is 70.4 Å². The van der Waals surface area contributed by atoms with E-state index in [0.29, 0.717) is 28.5 Å². The molecule has 4 aromatic rings. The van der Waals surface area contributed by atoms with Crippen LogP contribution in [0.3, 0.4) is 0 Å². The van der Waals surface area contributed by atoms with E-state index in [0.717, 1.165) is 16.5 Å². The molecular formula is C22H21N5O3. The number of carbonyl (C=O) groups is 1. The molecule has 0 aliphatic carbocycles. The summed E-state index contributed by atoms with van der Waals surface area (Å²) in [6.45, 7) is 1.94. The summed E-state index contributed by atoms with van der Waals surface area (Å²) in [6.07, 6.45) is 5.23. The Morgan fingerprint density at radius 2 is 2.10 bits per heavy atom. The highest BCUT2D eigenvalue weighted by atomic mass is 16.5. The second kappa shape index (κ2) is 7.82. The number of anilines is 1. The minimum absolute atomic E-state index is 0.105. The highest BCUT2D eigenvalue weighted by molar-refractivity contribution is 5.95. The van der Waals surface area contributed by atoms with Crippen molar-refractivity contribution in [1.82, 2.24) is 19.5 Å². The van der Waals surface area contributed by atoms with Crippen LogP contribution in [0, 0.1) is 6.92 Å². The number of aromatic amines is 1. The van der Waals surface area contributed by atoms with Gasteiger partial charge in [-0.3, -0.25) is 9.59 Å². The molecule has 0 radical (unpaired) electrons. The van der Waals surface area contributed by atoms with Crippen LogP contribution < -0.4 is 15.6 Å². The Balaban J connectivity index is 1.66. The van der Waals surface area contributed by atoms with Gasteiger partial charge in [-0.1, -0.05) is 12.1 Å². The van der Waals surface area contributed by atoms with E-state index >= 15 is 0 Å². The molecule has 8 heteroatoms. The van der Waals surface area contributed by atoms with E-state index in [1.165, 1.54) is 11.7 Å². The van der Waals surface area contributed by atoms with Crippen LogP contribution in [0.15, 0.2) is 53.7 Å². The van der Waals surface area contributed by atoms with Crippen LogP contribution in [0.4, 0.5) is 5.82 Å². The second-order valence-electron chi connectivity index (χ2n) is 6.98. The summed E-state index contributed by atoms with van der Waals surface area (Å²) in [5.74, 6) is 0.627. The van der Waals surface area contributed by atoms with Gasteiger partial charge in [-0.2, -0.15) is 0 Å². The molecule has 4 aromatic heterocycles. The predicted octanol–water partition coefficient (Wildman–Crippen LogP) is 2.82. The van der Waals surface area contributed by atoms with Crippen molar-refractivity contribution < 1.29 is 9.53 Å². The molecule has 152 valence electrons. The molecule has 0 saturated carbocycles. The van der Waals surface area contributed by atoms with Crippen LogP contribution in [0.25, 0.3) is 22.2 Å². The smallest absolute Gasteiger partial charge is 0.274 e. The zero-order valence-electron chi connectivity index (χ0n) is 16.9. The highest BCUT2D eigenvalue weighted by Crippen LogP contribution is 2.28. The molecule has 0 fully saturated rings. The van der Waals surface area contributed by atoms with Crippen LogP contribution in [-0.2, 0) is 18.3 Å². The van der Waals surface area contributed by atoms with Crippen LogP contribution >= 0.6 is 0 Å². The fourth-order valence-corrected chi connectivity index (χ4v) is 3.43. The average molecular weight is 403 g/mol. The van der Waals surface area contributed by atoms with Crippen LogP contribution in [0.5, 0.6) is 5.88 Å². The number of carbonyl (C=O) groups excluding carboxylic acids is 1. The fourth-order valence-electron chi connectivity index (χ4n) is 3.43. The van der Waals surface area contributed by atoms with Crippen LogP contribution in [-0.4, -0.2) is 32.5 Å². The first-order valence-electron chi connectivity index (χ1n) is 9.40. The van der Waals surface area contributed by atoms with Gasteiger partial charge in [-0.05, 0) is 30.7 Å². The van der Waals surface area contributed by atoms with Gasteiger partial charge >= 0.3 is 0 Å². The van der Waals surface area contributed by atoms with E-state index in [2.05, 4.69) is 20.3 Å². The first kappa shape index (κ1) is 19.4. The van der Waals surface area contributed by atoms with E-state index in [1.54, 1.807) is 43.8 Å². The Kier molecular flexibility index (Phi) is 5.05. The number of amides is 1. The molecule has 0 unspecified atom stereocenters. The summed E-state index contributed by atoms with van der Waals surface area (Å²) < 4.78 is 6.73. The molecule has 4 rings (SSSR count). The van der Waals surface area contributed by atoms with Crippen molar-refractivity contribution in [2.75, 3.05) is 12.4 Å². The zero-order chi connectivity index (χ0) is 21.3. The van der Waals surface area contributed by atoms with Gasteiger partial charge in [0.2, 0.25) is 11.8 Å². The Bertz CT molecular complexity index is 1310. The monoisotopic (exact) mass is 403 g/mol. The molecule has 0 aliphatic rings. The molecule has 0 atom stereocenters. The summed E-state index contributed by atoms with van der Waals surface area (Å²) in [6, 6.07) is 9.06. The molecule has 8 nitrogen and oxygen atoms in total. The van der Waals surface area contributed by atoms with Crippen molar-refractivity contribution in [2.24, 2.45) is 7.05 Å². The largest absolute Gasteiger partial charge is 0.481 e. The number of fused-ring (bicyclic) bond motifs is 1. The summed E-state index contributed by atoms with van der Waals surface area (Å²) in [7, 11) is 3.22. The Morgan fingerprint density at radius 1 is 1.27 bits per heavy atom. The van der Waals surface area contributed by atoms with E-state index in [4.69, 9.17) is 4.74 Å². The van der Waals surface area contributed by atoms with Crippen LogP contribution in [0.2, 0.25) is 0 Å². The lowest BCUT2D eigenvalue weighted by Gasteiger charge is -2.12. The van der Waals surface area contributed by atoms with E-state index in [9.17, 15) is 9.59 Å². The first-order valence-corrected chi connectivity index (χ1v) is 9.40. The number of H-pyrrole nitrogens is 1. The number of pyridine rings is 3. The van der Waals surface area contributed by atoms with Crippen molar-refractivity contribution in [3.8, 4) is 17.1 Å². The number of aromatic nitrogens is 4. The quantitative estimate of drug-likeness (QED) is 0.534. The third-order valence-electron chi connectivity index (χ3n) is 4.91. The molecule has 2 N–H and O–H groups in total. The normalized spacial score (nSPS) is 10.9. The number of nitrogens with one attached hydrogen (secondary N) is 2. The SMILES string of the molecule is COc1ncccc1CC(=O)Nc1ccc(C)c(-c2cn(C)c(=O)c3[nH]ccc23)n1. The summed E-state index contributed by atoms with van der Waals surface area (Å²) >= 11 is 0. The maximum absolute atomic E-state index is 12.6. The van der Waals surface area contributed by atoms with E-state index in [1.807, 2.05) is 19.1 Å². The average Bonchev–Trinajstić information content (AvgIpc) is 3.23. The van der Waals surface area contributed by atoms with Gasteiger partial charge in [0, 0.05) is 42.2 Å². The Morgan fingerprint density at radius 3 is 2.90 bits per heavy atom. The summed E-state index contributed by atoms with van der Waals surface area (Å²) in [4.78, 5) is 36.7. The number of hydrogen-bond acceptors (Lipinski definition) is 5. The van der Waals surface area contributed by atoms with Crippen molar-refractivity contribution in [1.29, 1.82) is 0 Å². The lowest BCUT2D eigenvalue weighted by molar-refractivity contribution is -0.115. The fraction of sp³-hybridized carbons (Fsp3) is 0.182. The highest BCUT2D eigenvalue weighted by Gasteiger charge is 2.15. The van der Waals surface area contributed by atoms with Gasteiger partial charge in [-0.15, -0.1) is 0 Å². The maximum Gasteiger partial charge on any atom is 0.274 e. The standard InChI is InChI=1S/C22H21N5O3/c1-13-6-7-17(25-18(28)11-14-5-4-9-24-21(14)30-3)26-19(13)16-12-27(2)22(29)20-15(16)8-10-23-20/h4-10,12,23H,11H2,1-3H3,(H,25,26,28). The number of nitrogens with zero attached hydrogens (tertiary/aromatic N) is 3. The topological polar surface area (TPSA) is 102 Å². The van der Waals surface area contributed by atoms with Crippen molar-refractivity contribution in [2.45, 2.75) is 13.3 Å². The molecule has 0 aromatic carbocycles. The van der Waals surface area contributed by atoms with Gasteiger partial charge in [0.25, 0.3) is 5.56 Å². The number of rotatable bonds is 5. The number of aryl methyl sites for hydroxylation is 2. The van der Waals surface area contributed by atoms with Crippen LogP contribution in [0.1, 0.15) is 11.1 Å². The van der Waals surface area contributed by atoms with Crippen molar-refractivity contribution >= 4 is 22.6 Å². The molecule has 0 aliphatic heterocycles. The number of ether oxygens (including phenoxy) is 1. The minimum atomic E-state index is -0.226. The number of hydrogen-bond donors (Lipinski definition) is 2. The predicted molar refractivity (Wildman–Crippen MR) is 115 cm³/mol. The molecule has 0 bridgehead atoms. The van der Waals surface area contributed by atoms with Gasteiger partial charge in [0.05, 0.1) is 19.2 Å². The van der Waals surface area contributed by atoms with Gasteiger partial charge in [-0.25, -0.2) is 9.97 Å². The molecule has 30 heavy (non-hydrogen) atoms. The lowest BCUT2D eigenvalue weighted by atomic mass is 10.0. The van der Waals surface area contributed by atoms with E-state index < -0.39 is 0 Å². The number of methoxy groups -OCH3 is 1. The van der Waals surface area contributed by atoms with Gasteiger partial charge in [0.15, 0.2) is 0 Å². The third-order valence-corrected chi connectivity index (χ3v) is 4.91. The Hall–Kier alpha value is -3.94. The van der Waals surface area contributed by atoms with Gasteiger partial charge < -0.3 is 19.6 Å². The maximum atomic E-state index is 12.6. The molecule has 1 amide bonds. The molecular weight excluding hydrogens is 382 g/mol. The molecule has 4 heterocycles. The first-order chi connectivity index (χ1) is 14.5. The lowest BCUT2D eigenvalue weighted by Crippen LogP contribution is -2.17.